The van der Waals surface area contributed by atoms with Crippen molar-refractivity contribution < 1.29 is 4.48 Å². The molecule has 1 heteroatoms. The first-order valence-electron chi connectivity index (χ1n) is 6.80. The van der Waals surface area contributed by atoms with Crippen molar-refractivity contribution in [3.8, 4) is 0 Å². The Kier molecular flexibility index (Phi) is 2.72. The second-order valence-corrected chi connectivity index (χ2v) is 5.64. The highest BCUT2D eigenvalue weighted by Crippen LogP contribution is 2.32. The van der Waals surface area contributed by atoms with Crippen LogP contribution in [0.15, 0.2) is 24.3 Å². The van der Waals surface area contributed by atoms with E-state index >= 15 is 0 Å². The van der Waals surface area contributed by atoms with Gasteiger partial charge >= 0.3 is 0 Å². The molecule has 0 aliphatic carbocycles. The zero-order valence-electron chi connectivity index (χ0n) is 10.1. The summed E-state index contributed by atoms with van der Waals surface area (Å²) in [6.07, 6.45) is 7.25. The number of rotatable bonds is 0. The van der Waals surface area contributed by atoms with E-state index in [-0.39, 0.29) is 0 Å². The van der Waals surface area contributed by atoms with Crippen LogP contribution in [0.3, 0.4) is 0 Å². The standard InChI is InChI=1S/C15H22N/c1-2-6-10-16(11-7-3-1)12-14-8-4-5-9-15(14)13-16/h4-5,8-9H,1-3,6-7,10-13H2/q+1. The lowest BCUT2D eigenvalue weighted by Gasteiger charge is -2.35. The van der Waals surface area contributed by atoms with Gasteiger partial charge in [0.05, 0.1) is 13.1 Å². The van der Waals surface area contributed by atoms with Crippen LogP contribution in [0.2, 0.25) is 0 Å². The van der Waals surface area contributed by atoms with Crippen LogP contribution in [0.4, 0.5) is 0 Å². The average Bonchev–Trinajstić information content (AvgIpc) is 2.63. The molecule has 2 heterocycles. The fourth-order valence-corrected chi connectivity index (χ4v) is 3.50. The first kappa shape index (κ1) is 10.3. The minimum Gasteiger partial charge on any atom is -0.316 e. The van der Waals surface area contributed by atoms with Crippen molar-refractivity contribution in [1.29, 1.82) is 0 Å². The van der Waals surface area contributed by atoms with Crippen molar-refractivity contribution in [2.45, 2.75) is 45.2 Å². The predicted molar refractivity (Wildman–Crippen MR) is 66.9 cm³/mol. The summed E-state index contributed by atoms with van der Waals surface area (Å²) in [7, 11) is 0. The molecule has 1 spiro atoms. The molecule has 1 saturated heterocycles. The van der Waals surface area contributed by atoms with Crippen molar-refractivity contribution in [1.82, 2.24) is 0 Å². The molecule has 0 radical (unpaired) electrons. The summed E-state index contributed by atoms with van der Waals surface area (Å²) < 4.78 is 1.36. The van der Waals surface area contributed by atoms with Crippen molar-refractivity contribution in [3.63, 3.8) is 0 Å². The second-order valence-electron chi connectivity index (χ2n) is 5.64. The van der Waals surface area contributed by atoms with Crippen molar-refractivity contribution in [3.05, 3.63) is 35.4 Å². The normalized spacial score (nSPS) is 23.8. The maximum Gasteiger partial charge on any atom is 0.105 e. The molecular formula is C15H22N+. The van der Waals surface area contributed by atoms with Crippen molar-refractivity contribution in [2.24, 2.45) is 0 Å². The molecule has 3 rings (SSSR count). The number of nitrogens with zero attached hydrogens (tertiary/aromatic N) is 1. The summed E-state index contributed by atoms with van der Waals surface area (Å²) in [6, 6.07) is 9.07. The highest BCUT2D eigenvalue weighted by molar-refractivity contribution is 5.28. The minimum absolute atomic E-state index is 1.30. The number of fused-ring (bicyclic) bond motifs is 1. The molecule has 2 aliphatic heterocycles. The van der Waals surface area contributed by atoms with Gasteiger partial charge in [0.2, 0.25) is 0 Å². The number of benzene rings is 1. The van der Waals surface area contributed by atoms with Gasteiger partial charge in [0.1, 0.15) is 13.1 Å². The number of hydrogen-bond acceptors (Lipinski definition) is 0. The Hall–Kier alpha value is -0.820. The van der Waals surface area contributed by atoms with Crippen LogP contribution in [0, 0.1) is 0 Å². The van der Waals surface area contributed by atoms with Crippen molar-refractivity contribution in [2.75, 3.05) is 13.1 Å². The second kappa shape index (κ2) is 4.21. The first-order valence-corrected chi connectivity index (χ1v) is 6.80. The van der Waals surface area contributed by atoms with Gasteiger partial charge in [0.15, 0.2) is 0 Å². The fraction of sp³-hybridized carbons (Fsp3) is 0.600. The van der Waals surface area contributed by atoms with E-state index in [1.165, 1.54) is 62.8 Å². The van der Waals surface area contributed by atoms with Gasteiger partial charge in [0.25, 0.3) is 0 Å². The molecule has 0 unspecified atom stereocenters. The average molecular weight is 216 g/mol. The quantitative estimate of drug-likeness (QED) is 0.582. The van der Waals surface area contributed by atoms with Gasteiger partial charge in [-0.1, -0.05) is 30.7 Å². The Morgan fingerprint density at radius 2 is 1.19 bits per heavy atom. The van der Waals surface area contributed by atoms with E-state index in [2.05, 4.69) is 24.3 Å². The van der Waals surface area contributed by atoms with Crippen LogP contribution in [0.5, 0.6) is 0 Å². The van der Waals surface area contributed by atoms with Gasteiger partial charge in [-0.2, -0.15) is 0 Å². The predicted octanol–water partition coefficient (Wildman–Crippen LogP) is 3.48. The Morgan fingerprint density at radius 1 is 0.688 bits per heavy atom. The molecule has 86 valence electrons. The molecule has 2 aliphatic rings. The summed E-state index contributed by atoms with van der Waals surface area (Å²) >= 11 is 0. The largest absolute Gasteiger partial charge is 0.316 e. The monoisotopic (exact) mass is 216 g/mol. The highest BCUT2D eigenvalue weighted by atomic mass is 15.4. The molecule has 0 amide bonds. The minimum atomic E-state index is 1.30. The fourth-order valence-electron chi connectivity index (χ4n) is 3.50. The van der Waals surface area contributed by atoms with Crippen LogP contribution in [-0.2, 0) is 13.1 Å². The SMILES string of the molecule is c1ccc2c(c1)C[N+]1(CCCCCCC1)C2. The molecule has 1 nitrogen and oxygen atoms in total. The van der Waals surface area contributed by atoms with Gasteiger partial charge in [-0.3, -0.25) is 0 Å². The zero-order valence-corrected chi connectivity index (χ0v) is 10.1. The molecule has 0 saturated carbocycles. The van der Waals surface area contributed by atoms with Gasteiger partial charge in [0, 0.05) is 11.1 Å². The maximum atomic E-state index is 2.33. The van der Waals surface area contributed by atoms with Gasteiger partial charge in [-0.25, -0.2) is 0 Å². The van der Waals surface area contributed by atoms with E-state index in [4.69, 9.17) is 0 Å². The molecule has 0 N–H and O–H groups in total. The lowest BCUT2D eigenvalue weighted by molar-refractivity contribution is -0.948. The lowest BCUT2D eigenvalue weighted by atomic mass is 10.1. The number of quaternary nitrogens is 1. The smallest absolute Gasteiger partial charge is 0.105 e. The number of hydrogen-bond donors (Lipinski definition) is 0. The van der Waals surface area contributed by atoms with Crippen LogP contribution >= 0.6 is 0 Å². The van der Waals surface area contributed by atoms with E-state index in [0.717, 1.165) is 0 Å². The Morgan fingerprint density at radius 3 is 1.75 bits per heavy atom. The third-order valence-corrected chi connectivity index (χ3v) is 4.39. The third kappa shape index (κ3) is 1.89. The molecule has 1 aromatic rings. The van der Waals surface area contributed by atoms with E-state index in [9.17, 15) is 0 Å². The molecule has 0 bridgehead atoms. The lowest BCUT2D eigenvalue weighted by Crippen LogP contribution is -2.44. The summed E-state index contributed by atoms with van der Waals surface area (Å²) in [4.78, 5) is 0. The Labute approximate surface area is 98.7 Å². The maximum absolute atomic E-state index is 2.33. The van der Waals surface area contributed by atoms with Crippen molar-refractivity contribution >= 4 is 0 Å². The van der Waals surface area contributed by atoms with E-state index in [1.54, 1.807) is 11.1 Å². The van der Waals surface area contributed by atoms with Gasteiger partial charge in [-0.15, -0.1) is 0 Å². The summed E-state index contributed by atoms with van der Waals surface area (Å²) in [5.74, 6) is 0. The molecule has 0 atom stereocenters. The van der Waals surface area contributed by atoms with E-state index in [1.807, 2.05) is 0 Å². The summed E-state index contributed by atoms with van der Waals surface area (Å²) in [6.45, 7) is 5.43. The van der Waals surface area contributed by atoms with Crippen LogP contribution in [-0.4, -0.2) is 17.6 Å². The first-order chi connectivity index (χ1) is 7.88. The third-order valence-electron chi connectivity index (χ3n) is 4.39. The van der Waals surface area contributed by atoms with E-state index < -0.39 is 0 Å². The molecule has 16 heavy (non-hydrogen) atoms. The van der Waals surface area contributed by atoms with Gasteiger partial charge < -0.3 is 4.48 Å². The van der Waals surface area contributed by atoms with Crippen LogP contribution < -0.4 is 0 Å². The highest BCUT2D eigenvalue weighted by Gasteiger charge is 2.35. The van der Waals surface area contributed by atoms with E-state index in [0.29, 0.717) is 0 Å². The molecule has 0 aromatic heterocycles. The summed E-state index contributed by atoms with van der Waals surface area (Å²) in [5, 5.41) is 0. The molecular weight excluding hydrogens is 194 g/mol. The summed E-state index contributed by atoms with van der Waals surface area (Å²) in [5.41, 5.74) is 3.23. The van der Waals surface area contributed by atoms with Gasteiger partial charge in [-0.05, 0) is 25.7 Å². The van der Waals surface area contributed by atoms with Crippen LogP contribution in [0.25, 0.3) is 0 Å². The molecule has 1 fully saturated rings. The molecule has 1 aromatic carbocycles. The Balaban J connectivity index is 1.80. The topological polar surface area (TPSA) is 0 Å². The van der Waals surface area contributed by atoms with Crippen LogP contribution in [0.1, 0.15) is 43.2 Å². The Bertz CT molecular complexity index is 334. The zero-order chi connectivity index (χ0) is 10.8.